The van der Waals surface area contributed by atoms with Crippen molar-refractivity contribution in [1.29, 1.82) is 0 Å². The van der Waals surface area contributed by atoms with Crippen molar-refractivity contribution in [2.75, 3.05) is 0 Å². The molecule has 0 aliphatic rings. The highest BCUT2D eigenvalue weighted by molar-refractivity contribution is 6.89. The number of hydrogen-bond donors (Lipinski definition) is 0. The summed E-state index contributed by atoms with van der Waals surface area (Å²) in [4.78, 5) is 0. The zero-order valence-corrected chi connectivity index (χ0v) is 10.8. The third kappa shape index (κ3) is 2.47. The fourth-order valence-corrected chi connectivity index (χ4v) is 3.33. The van der Waals surface area contributed by atoms with E-state index in [-0.39, 0.29) is 5.41 Å². The van der Waals surface area contributed by atoms with Crippen LogP contribution in [0.4, 0.5) is 0 Å². The van der Waals surface area contributed by atoms with Crippen molar-refractivity contribution in [1.82, 2.24) is 0 Å². The third-order valence-corrected chi connectivity index (χ3v) is 4.19. The molecule has 1 rings (SSSR count). The number of hydrogen-bond acceptors (Lipinski definition) is 0. The van der Waals surface area contributed by atoms with E-state index in [4.69, 9.17) is 4.11 Å². The summed E-state index contributed by atoms with van der Waals surface area (Å²) >= 11 is 0. The second-order valence-electron chi connectivity index (χ2n) is 5.42. The van der Waals surface area contributed by atoms with Gasteiger partial charge in [0, 0.05) is 4.11 Å². The fourth-order valence-electron chi connectivity index (χ4n) is 1.68. The van der Waals surface area contributed by atoms with E-state index in [1.807, 2.05) is 31.3 Å². The highest BCUT2D eigenvalue weighted by atomic mass is 28.3. The van der Waals surface area contributed by atoms with E-state index < -0.39 is 14.5 Å². The maximum Gasteiger partial charge on any atom is 0.0779 e. The zero-order chi connectivity index (χ0) is 13.5. The molecule has 0 bridgehead atoms. The summed E-state index contributed by atoms with van der Waals surface area (Å²) in [6.07, 6.45) is 0. The largest absolute Gasteiger partial charge is 0.0779 e. The molecule has 0 aliphatic heterocycles. The lowest BCUT2D eigenvalue weighted by atomic mass is 9.87. The lowest BCUT2D eigenvalue weighted by Gasteiger charge is -2.28. The summed E-state index contributed by atoms with van der Waals surface area (Å²) < 4.78 is 23.3. The second kappa shape index (κ2) is 3.54. The fraction of sp³-hybridized carbons (Fsp3) is 0.538. The van der Waals surface area contributed by atoms with Crippen LogP contribution >= 0.6 is 0 Å². The molecule has 1 aromatic rings. The molecule has 0 N–H and O–H groups in total. The van der Waals surface area contributed by atoms with Gasteiger partial charge in [-0.2, -0.15) is 0 Å². The second-order valence-corrected chi connectivity index (χ2v) is 9.21. The molecule has 0 spiro atoms. The van der Waals surface area contributed by atoms with Crippen LogP contribution in [0, 0.1) is 0 Å². The van der Waals surface area contributed by atoms with E-state index in [0.717, 1.165) is 5.19 Å². The van der Waals surface area contributed by atoms with E-state index in [1.54, 1.807) is 0 Å². The Bertz CT molecular complexity index is 400. The minimum atomic E-state index is -2.44. The summed E-state index contributed by atoms with van der Waals surface area (Å²) in [5.41, 5.74) is 1.17. The monoisotopic (exact) mass is 209 g/mol. The average Bonchev–Trinajstić information content (AvgIpc) is 2.14. The number of benzene rings is 1. The van der Waals surface area contributed by atoms with Gasteiger partial charge in [0.1, 0.15) is 0 Å². The first kappa shape index (κ1) is 7.69. The van der Waals surface area contributed by atoms with Crippen molar-refractivity contribution in [3.63, 3.8) is 0 Å². The van der Waals surface area contributed by atoms with Crippen LogP contribution in [0.5, 0.6) is 0 Å². The van der Waals surface area contributed by atoms with Gasteiger partial charge in [-0.1, -0.05) is 69.8 Å². The van der Waals surface area contributed by atoms with Crippen molar-refractivity contribution in [2.45, 2.75) is 45.8 Å². The van der Waals surface area contributed by atoms with Crippen molar-refractivity contribution in [3.05, 3.63) is 29.8 Å². The first-order valence-corrected chi connectivity index (χ1v) is 8.08. The molecular formula is C13H22Si. The predicted octanol–water partition coefficient (Wildman–Crippen LogP) is 3.53. The van der Waals surface area contributed by atoms with Gasteiger partial charge in [-0.05, 0) is 11.0 Å². The third-order valence-electron chi connectivity index (χ3n) is 2.41. The van der Waals surface area contributed by atoms with Gasteiger partial charge in [-0.25, -0.2) is 0 Å². The summed E-state index contributed by atoms with van der Waals surface area (Å²) in [6.45, 7) is 8.42. The molecule has 0 heterocycles. The van der Waals surface area contributed by atoms with Gasteiger partial charge in [0.2, 0.25) is 0 Å². The van der Waals surface area contributed by atoms with Crippen molar-refractivity contribution >= 4 is 13.3 Å². The quantitative estimate of drug-likeness (QED) is 0.621. The van der Waals surface area contributed by atoms with Crippen LogP contribution in [0.2, 0.25) is 19.6 Å². The van der Waals surface area contributed by atoms with Crippen LogP contribution in [0.25, 0.3) is 0 Å². The van der Waals surface area contributed by atoms with Crippen molar-refractivity contribution in [2.24, 2.45) is 0 Å². The predicted molar refractivity (Wildman–Crippen MR) is 68.1 cm³/mol. The van der Waals surface area contributed by atoms with Crippen LogP contribution in [-0.2, 0) is 5.41 Å². The summed E-state index contributed by atoms with van der Waals surface area (Å²) in [5.74, 6) is 0. The Labute approximate surface area is 93.6 Å². The van der Waals surface area contributed by atoms with Crippen LogP contribution in [0.1, 0.15) is 30.4 Å². The Hall–Kier alpha value is -0.563. The van der Waals surface area contributed by atoms with Gasteiger partial charge in [0.05, 0.1) is 8.07 Å². The van der Waals surface area contributed by atoms with E-state index in [2.05, 4.69) is 26.8 Å². The Kier molecular flexibility index (Phi) is 1.95. The molecule has 14 heavy (non-hydrogen) atoms. The zero-order valence-electron chi connectivity index (χ0n) is 12.8. The average molecular weight is 209 g/mol. The Balaban J connectivity index is 3.43. The van der Waals surface area contributed by atoms with Crippen molar-refractivity contribution in [3.8, 4) is 0 Å². The molecule has 0 atom stereocenters. The van der Waals surface area contributed by atoms with Gasteiger partial charge in [-0.15, -0.1) is 0 Å². The van der Waals surface area contributed by atoms with Gasteiger partial charge in [0.15, 0.2) is 0 Å². The molecule has 0 unspecified atom stereocenters. The van der Waals surface area contributed by atoms with E-state index in [0.29, 0.717) is 0 Å². The molecule has 0 saturated carbocycles. The SMILES string of the molecule is [2H]C([2H])([2H])[Si](C)(C)c1ccccc1C(C)(C)C. The normalized spacial score (nSPS) is 17.1. The Morgan fingerprint density at radius 1 is 1.14 bits per heavy atom. The highest BCUT2D eigenvalue weighted by Crippen LogP contribution is 2.22. The van der Waals surface area contributed by atoms with E-state index in [1.165, 1.54) is 5.56 Å². The smallest absolute Gasteiger partial charge is 0.0656 e. The first-order chi connectivity index (χ1) is 7.48. The van der Waals surface area contributed by atoms with Crippen LogP contribution in [-0.4, -0.2) is 8.07 Å². The van der Waals surface area contributed by atoms with Gasteiger partial charge >= 0.3 is 0 Å². The minimum absolute atomic E-state index is 0.00782. The molecule has 0 amide bonds. The topological polar surface area (TPSA) is 0 Å². The van der Waals surface area contributed by atoms with Crippen LogP contribution < -0.4 is 5.19 Å². The summed E-state index contributed by atoms with van der Waals surface area (Å²) in [5, 5.41) is 1.06. The molecule has 0 aliphatic carbocycles. The molecule has 0 aromatic heterocycles. The van der Waals surface area contributed by atoms with Gasteiger partial charge < -0.3 is 0 Å². The highest BCUT2D eigenvalue weighted by Gasteiger charge is 2.25. The first-order valence-electron chi connectivity index (χ1n) is 6.58. The molecule has 0 fully saturated rings. The molecular weight excluding hydrogens is 184 g/mol. The number of rotatable bonds is 1. The summed E-state index contributed by atoms with van der Waals surface area (Å²) in [6, 6.07) is 8.01. The molecule has 78 valence electrons. The van der Waals surface area contributed by atoms with Crippen LogP contribution in [0.15, 0.2) is 24.3 Å². The molecule has 1 heteroatoms. The lowest BCUT2D eigenvalue weighted by molar-refractivity contribution is 0.593. The van der Waals surface area contributed by atoms with Gasteiger partial charge in [0.25, 0.3) is 0 Å². The molecule has 0 nitrogen and oxygen atoms in total. The standard InChI is InChI=1S/C13H22Si/c1-13(2,3)11-9-7-8-10-12(11)14(4,5)6/h7-10H,1-6H3/i4D3. The molecule has 1 aromatic carbocycles. The lowest BCUT2D eigenvalue weighted by Crippen LogP contribution is -2.42. The minimum Gasteiger partial charge on any atom is -0.0656 e. The van der Waals surface area contributed by atoms with Crippen molar-refractivity contribution < 1.29 is 4.11 Å². The maximum atomic E-state index is 7.77. The van der Waals surface area contributed by atoms with Crippen LogP contribution in [0.3, 0.4) is 0 Å². The summed E-state index contributed by atoms with van der Waals surface area (Å²) in [7, 11) is -2.44. The molecule has 0 saturated heterocycles. The molecule has 0 radical (unpaired) electrons. The Morgan fingerprint density at radius 2 is 1.71 bits per heavy atom. The van der Waals surface area contributed by atoms with E-state index in [9.17, 15) is 0 Å². The maximum absolute atomic E-state index is 7.77. The van der Waals surface area contributed by atoms with E-state index >= 15 is 0 Å². The van der Waals surface area contributed by atoms with Gasteiger partial charge in [-0.3, -0.25) is 0 Å². The Morgan fingerprint density at radius 3 is 2.21 bits per heavy atom.